The highest BCUT2D eigenvalue weighted by Gasteiger charge is 2.34. The summed E-state index contributed by atoms with van der Waals surface area (Å²) < 4.78 is 0. The van der Waals surface area contributed by atoms with Crippen LogP contribution < -0.4 is 5.73 Å². The molecule has 5 heteroatoms. The van der Waals surface area contributed by atoms with Crippen LogP contribution in [0.3, 0.4) is 0 Å². The van der Waals surface area contributed by atoms with Gasteiger partial charge in [0.1, 0.15) is 0 Å². The van der Waals surface area contributed by atoms with Crippen LogP contribution in [0.2, 0.25) is 5.02 Å². The van der Waals surface area contributed by atoms with Gasteiger partial charge in [0.25, 0.3) is 5.69 Å². The SMILES string of the molecule is NCC1(Cc2cc(Cl)ccc2[N+](=O)[O-])CCCC1. The molecule has 1 saturated carbocycles. The Morgan fingerprint density at radius 2 is 2.06 bits per heavy atom. The second kappa shape index (κ2) is 5.24. The smallest absolute Gasteiger partial charge is 0.272 e. The number of nitro groups is 1. The maximum Gasteiger partial charge on any atom is 0.272 e. The quantitative estimate of drug-likeness (QED) is 0.673. The van der Waals surface area contributed by atoms with Crippen molar-refractivity contribution in [1.29, 1.82) is 0 Å². The number of halogens is 1. The lowest BCUT2D eigenvalue weighted by Gasteiger charge is -2.27. The van der Waals surface area contributed by atoms with Crippen molar-refractivity contribution in [3.8, 4) is 0 Å². The van der Waals surface area contributed by atoms with Crippen LogP contribution >= 0.6 is 11.6 Å². The van der Waals surface area contributed by atoms with Gasteiger partial charge < -0.3 is 5.73 Å². The van der Waals surface area contributed by atoms with E-state index in [2.05, 4.69) is 0 Å². The van der Waals surface area contributed by atoms with Gasteiger partial charge in [0.15, 0.2) is 0 Å². The molecule has 2 N–H and O–H groups in total. The molecular formula is C13H17ClN2O2. The van der Waals surface area contributed by atoms with Crippen LogP contribution in [0, 0.1) is 15.5 Å². The van der Waals surface area contributed by atoms with E-state index in [1.54, 1.807) is 12.1 Å². The first kappa shape index (κ1) is 13.3. The van der Waals surface area contributed by atoms with Gasteiger partial charge in [-0.3, -0.25) is 10.1 Å². The Labute approximate surface area is 111 Å². The Kier molecular flexibility index (Phi) is 3.88. The van der Waals surface area contributed by atoms with Crippen LogP contribution in [0.5, 0.6) is 0 Å². The van der Waals surface area contributed by atoms with Gasteiger partial charge in [0.2, 0.25) is 0 Å². The van der Waals surface area contributed by atoms with Crippen molar-refractivity contribution >= 4 is 17.3 Å². The van der Waals surface area contributed by atoms with Crippen molar-refractivity contribution in [2.45, 2.75) is 32.1 Å². The molecule has 0 aliphatic heterocycles. The molecule has 0 amide bonds. The molecule has 0 radical (unpaired) electrons. The maximum atomic E-state index is 11.0. The van der Waals surface area contributed by atoms with E-state index >= 15 is 0 Å². The molecule has 2 rings (SSSR count). The van der Waals surface area contributed by atoms with Crippen molar-refractivity contribution < 1.29 is 4.92 Å². The molecule has 0 spiro atoms. The average molecular weight is 269 g/mol. The summed E-state index contributed by atoms with van der Waals surface area (Å²) in [4.78, 5) is 10.7. The molecule has 1 aromatic carbocycles. The molecule has 98 valence electrons. The zero-order chi connectivity index (χ0) is 13.2. The van der Waals surface area contributed by atoms with Gasteiger partial charge in [-0.25, -0.2) is 0 Å². The van der Waals surface area contributed by atoms with Gasteiger partial charge in [-0.2, -0.15) is 0 Å². The van der Waals surface area contributed by atoms with Gasteiger partial charge in [-0.1, -0.05) is 24.4 Å². The minimum absolute atomic E-state index is 0.0233. The van der Waals surface area contributed by atoms with Gasteiger partial charge in [-0.05, 0) is 43.4 Å². The third kappa shape index (κ3) is 2.65. The zero-order valence-corrected chi connectivity index (χ0v) is 10.9. The van der Waals surface area contributed by atoms with Gasteiger partial charge in [-0.15, -0.1) is 0 Å². The fourth-order valence-electron chi connectivity index (χ4n) is 2.86. The van der Waals surface area contributed by atoms with E-state index in [4.69, 9.17) is 17.3 Å². The molecule has 4 nitrogen and oxygen atoms in total. The lowest BCUT2D eigenvalue weighted by atomic mass is 9.80. The van der Waals surface area contributed by atoms with E-state index in [9.17, 15) is 10.1 Å². The van der Waals surface area contributed by atoms with Crippen molar-refractivity contribution in [2.75, 3.05) is 6.54 Å². The van der Waals surface area contributed by atoms with Crippen LogP contribution in [0.25, 0.3) is 0 Å². The monoisotopic (exact) mass is 268 g/mol. The molecule has 1 aliphatic rings. The molecule has 0 unspecified atom stereocenters. The fourth-order valence-corrected chi connectivity index (χ4v) is 3.05. The molecule has 0 aromatic heterocycles. The molecule has 0 saturated heterocycles. The fraction of sp³-hybridized carbons (Fsp3) is 0.538. The number of hydrogen-bond acceptors (Lipinski definition) is 3. The average Bonchev–Trinajstić information content (AvgIpc) is 2.78. The molecule has 0 bridgehead atoms. The first-order chi connectivity index (χ1) is 8.56. The maximum absolute atomic E-state index is 11.0. The van der Waals surface area contributed by atoms with Crippen LogP contribution in [0.1, 0.15) is 31.2 Å². The summed E-state index contributed by atoms with van der Waals surface area (Å²) in [6.45, 7) is 0.580. The standard InChI is InChI=1S/C13H17ClN2O2/c14-11-3-4-12(16(17)18)10(7-11)8-13(9-15)5-1-2-6-13/h3-4,7H,1-2,5-6,8-9,15H2. The van der Waals surface area contributed by atoms with E-state index in [1.165, 1.54) is 6.07 Å². The van der Waals surface area contributed by atoms with Gasteiger partial charge in [0, 0.05) is 16.7 Å². The predicted molar refractivity (Wildman–Crippen MR) is 71.8 cm³/mol. The zero-order valence-electron chi connectivity index (χ0n) is 10.2. The van der Waals surface area contributed by atoms with Crippen molar-refractivity contribution in [3.05, 3.63) is 38.9 Å². The third-order valence-corrected chi connectivity index (χ3v) is 4.14. The molecule has 1 aromatic rings. The highest BCUT2D eigenvalue weighted by Crippen LogP contribution is 2.41. The van der Waals surface area contributed by atoms with E-state index < -0.39 is 0 Å². The Hall–Kier alpha value is -1.13. The number of nitro benzene ring substituents is 1. The Balaban J connectivity index is 2.32. The van der Waals surface area contributed by atoms with Crippen LogP contribution in [-0.4, -0.2) is 11.5 Å². The number of hydrogen-bond donors (Lipinski definition) is 1. The summed E-state index contributed by atoms with van der Waals surface area (Å²) in [7, 11) is 0. The van der Waals surface area contributed by atoms with Crippen LogP contribution in [0.15, 0.2) is 18.2 Å². The summed E-state index contributed by atoms with van der Waals surface area (Å²) in [6, 6.07) is 4.75. The van der Waals surface area contributed by atoms with E-state index in [-0.39, 0.29) is 16.0 Å². The van der Waals surface area contributed by atoms with E-state index in [0.29, 0.717) is 23.6 Å². The first-order valence-corrected chi connectivity index (χ1v) is 6.57. The number of benzene rings is 1. The summed E-state index contributed by atoms with van der Waals surface area (Å²) in [5, 5.41) is 11.6. The normalized spacial score (nSPS) is 17.9. The van der Waals surface area contributed by atoms with Gasteiger partial charge >= 0.3 is 0 Å². The van der Waals surface area contributed by atoms with E-state index in [0.717, 1.165) is 25.7 Å². The lowest BCUT2D eigenvalue weighted by Crippen LogP contribution is -2.30. The minimum atomic E-state index is -0.342. The largest absolute Gasteiger partial charge is 0.330 e. The number of rotatable bonds is 4. The van der Waals surface area contributed by atoms with Crippen LogP contribution in [-0.2, 0) is 6.42 Å². The number of nitrogens with two attached hydrogens (primary N) is 1. The highest BCUT2D eigenvalue weighted by molar-refractivity contribution is 6.30. The molecule has 0 atom stereocenters. The number of nitrogens with zero attached hydrogens (tertiary/aromatic N) is 1. The Morgan fingerprint density at radius 1 is 1.39 bits per heavy atom. The lowest BCUT2D eigenvalue weighted by molar-refractivity contribution is -0.385. The van der Waals surface area contributed by atoms with Crippen LogP contribution in [0.4, 0.5) is 5.69 Å². The second-order valence-electron chi connectivity index (χ2n) is 5.12. The Morgan fingerprint density at radius 3 is 2.61 bits per heavy atom. The first-order valence-electron chi connectivity index (χ1n) is 6.19. The molecule has 1 fully saturated rings. The summed E-state index contributed by atoms with van der Waals surface area (Å²) in [5.74, 6) is 0. The summed E-state index contributed by atoms with van der Waals surface area (Å²) in [6.07, 6.45) is 5.07. The molecule has 0 heterocycles. The van der Waals surface area contributed by atoms with Crippen molar-refractivity contribution in [1.82, 2.24) is 0 Å². The second-order valence-corrected chi connectivity index (χ2v) is 5.55. The summed E-state index contributed by atoms with van der Waals surface area (Å²) in [5.41, 5.74) is 6.76. The molecular weight excluding hydrogens is 252 g/mol. The van der Waals surface area contributed by atoms with Crippen molar-refractivity contribution in [3.63, 3.8) is 0 Å². The predicted octanol–water partition coefficient (Wildman–Crippen LogP) is 3.31. The minimum Gasteiger partial charge on any atom is -0.330 e. The van der Waals surface area contributed by atoms with Crippen molar-refractivity contribution in [2.24, 2.45) is 11.1 Å². The van der Waals surface area contributed by atoms with E-state index in [1.807, 2.05) is 0 Å². The third-order valence-electron chi connectivity index (χ3n) is 3.90. The molecule has 1 aliphatic carbocycles. The molecule has 18 heavy (non-hydrogen) atoms. The highest BCUT2D eigenvalue weighted by atomic mass is 35.5. The summed E-state index contributed by atoms with van der Waals surface area (Å²) >= 11 is 5.94. The topological polar surface area (TPSA) is 69.2 Å². The van der Waals surface area contributed by atoms with Gasteiger partial charge in [0.05, 0.1) is 4.92 Å². The Bertz CT molecular complexity index is 456.